The Bertz CT molecular complexity index is 801. The minimum Gasteiger partial charge on any atom is -0.497 e. The van der Waals surface area contributed by atoms with E-state index >= 15 is 0 Å². The fraction of sp³-hybridized carbons (Fsp3) is 0.0909. The molecule has 120 valence electrons. The van der Waals surface area contributed by atoms with Gasteiger partial charge in [0.15, 0.2) is 0 Å². The highest BCUT2D eigenvalue weighted by atomic mass is 16.5. The van der Waals surface area contributed by atoms with Crippen molar-refractivity contribution < 1.29 is 9.47 Å². The van der Waals surface area contributed by atoms with Crippen molar-refractivity contribution in [2.75, 3.05) is 14.2 Å². The van der Waals surface area contributed by atoms with Gasteiger partial charge < -0.3 is 9.47 Å². The van der Waals surface area contributed by atoms with E-state index in [1.165, 1.54) is 11.1 Å². The van der Waals surface area contributed by atoms with Gasteiger partial charge >= 0.3 is 0 Å². The Morgan fingerprint density at radius 3 is 1.67 bits per heavy atom. The van der Waals surface area contributed by atoms with Crippen LogP contribution in [0.1, 0.15) is 16.7 Å². The SMILES string of the molecule is COc1ccc(/C=C(/c2ccccc2)c2ccc(OC)cc2)cc1. The van der Waals surface area contributed by atoms with Gasteiger partial charge in [0.25, 0.3) is 0 Å². The Labute approximate surface area is 143 Å². The molecular weight excluding hydrogens is 296 g/mol. The summed E-state index contributed by atoms with van der Waals surface area (Å²) >= 11 is 0. The molecule has 3 aromatic rings. The standard InChI is InChI=1S/C22H20O2/c1-23-20-12-8-17(9-13-20)16-22(18-6-4-3-5-7-18)19-10-14-21(24-2)15-11-19/h3-16H,1-2H3/b22-16-. The van der Waals surface area contributed by atoms with E-state index in [0.717, 1.165) is 22.6 Å². The highest BCUT2D eigenvalue weighted by Crippen LogP contribution is 2.28. The molecule has 0 saturated carbocycles. The van der Waals surface area contributed by atoms with Gasteiger partial charge in [-0.25, -0.2) is 0 Å². The van der Waals surface area contributed by atoms with E-state index in [2.05, 4.69) is 54.6 Å². The average Bonchev–Trinajstić information content (AvgIpc) is 2.67. The van der Waals surface area contributed by atoms with Gasteiger partial charge in [-0.2, -0.15) is 0 Å². The summed E-state index contributed by atoms with van der Waals surface area (Å²) in [6, 6.07) is 26.6. The molecule has 0 fully saturated rings. The molecule has 0 bridgehead atoms. The molecular formula is C22H20O2. The van der Waals surface area contributed by atoms with Crippen LogP contribution in [0.15, 0.2) is 78.9 Å². The van der Waals surface area contributed by atoms with E-state index in [-0.39, 0.29) is 0 Å². The maximum absolute atomic E-state index is 5.27. The Kier molecular flexibility index (Phi) is 4.97. The Balaban J connectivity index is 2.05. The van der Waals surface area contributed by atoms with E-state index in [9.17, 15) is 0 Å². The Hall–Kier alpha value is -3.00. The fourth-order valence-corrected chi connectivity index (χ4v) is 2.59. The lowest BCUT2D eigenvalue weighted by Gasteiger charge is -2.10. The van der Waals surface area contributed by atoms with Crippen molar-refractivity contribution >= 4 is 11.6 Å². The topological polar surface area (TPSA) is 18.5 Å². The summed E-state index contributed by atoms with van der Waals surface area (Å²) in [5.41, 5.74) is 4.63. The third-order valence-electron chi connectivity index (χ3n) is 3.91. The monoisotopic (exact) mass is 316 g/mol. The van der Waals surface area contributed by atoms with Crippen LogP contribution in [0, 0.1) is 0 Å². The van der Waals surface area contributed by atoms with Crippen molar-refractivity contribution in [2.45, 2.75) is 0 Å². The minimum atomic E-state index is 0.857. The molecule has 0 saturated heterocycles. The van der Waals surface area contributed by atoms with Gasteiger partial charge in [-0.05, 0) is 52.6 Å². The molecule has 2 heteroatoms. The molecule has 0 atom stereocenters. The van der Waals surface area contributed by atoms with Gasteiger partial charge in [-0.15, -0.1) is 0 Å². The first-order chi connectivity index (χ1) is 11.8. The van der Waals surface area contributed by atoms with Crippen LogP contribution in [-0.4, -0.2) is 14.2 Å². The summed E-state index contributed by atoms with van der Waals surface area (Å²) in [4.78, 5) is 0. The molecule has 0 amide bonds. The summed E-state index contributed by atoms with van der Waals surface area (Å²) in [6.45, 7) is 0. The molecule has 0 aliphatic carbocycles. The zero-order chi connectivity index (χ0) is 16.8. The second-order valence-electron chi connectivity index (χ2n) is 5.43. The van der Waals surface area contributed by atoms with E-state index in [1.807, 2.05) is 30.3 Å². The minimum absolute atomic E-state index is 0.857. The molecule has 0 unspecified atom stereocenters. The zero-order valence-electron chi connectivity index (χ0n) is 13.9. The van der Waals surface area contributed by atoms with Crippen molar-refractivity contribution in [3.8, 4) is 11.5 Å². The van der Waals surface area contributed by atoms with Crippen LogP contribution < -0.4 is 9.47 Å². The molecule has 0 heterocycles. The van der Waals surface area contributed by atoms with Gasteiger partial charge in [0.1, 0.15) is 11.5 Å². The number of hydrogen-bond acceptors (Lipinski definition) is 2. The third kappa shape index (κ3) is 3.66. The number of ether oxygens (including phenoxy) is 2. The highest BCUT2D eigenvalue weighted by molar-refractivity contribution is 5.91. The summed E-state index contributed by atoms with van der Waals surface area (Å²) in [6.07, 6.45) is 2.19. The van der Waals surface area contributed by atoms with Crippen LogP contribution in [0.5, 0.6) is 11.5 Å². The second-order valence-corrected chi connectivity index (χ2v) is 5.43. The normalized spacial score (nSPS) is 11.2. The van der Waals surface area contributed by atoms with Crippen LogP contribution in [0.3, 0.4) is 0 Å². The summed E-state index contributed by atoms with van der Waals surface area (Å²) in [7, 11) is 3.36. The fourth-order valence-electron chi connectivity index (χ4n) is 2.59. The molecule has 0 aliphatic rings. The van der Waals surface area contributed by atoms with E-state index in [0.29, 0.717) is 0 Å². The first kappa shape index (κ1) is 15.9. The quantitative estimate of drug-likeness (QED) is 0.595. The number of benzene rings is 3. The van der Waals surface area contributed by atoms with Gasteiger partial charge in [0.2, 0.25) is 0 Å². The first-order valence-corrected chi connectivity index (χ1v) is 7.86. The van der Waals surface area contributed by atoms with Gasteiger partial charge in [-0.3, -0.25) is 0 Å². The largest absolute Gasteiger partial charge is 0.497 e. The van der Waals surface area contributed by atoms with E-state index in [4.69, 9.17) is 9.47 Å². The van der Waals surface area contributed by atoms with Crippen LogP contribution in [0.25, 0.3) is 11.6 Å². The van der Waals surface area contributed by atoms with Gasteiger partial charge in [0, 0.05) is 0 Å². The molecule has 0 radical (unpaired) electrons. The van der Waals surface area contributed by atoms with Crippen molar-refractivity contribution in [1.29, 1.82) is 0 Å². The first-order valence-electron chi connectivity index (χ1n) is 7.86. The van der Waals surface area contributed by atoms with Crippen molar-refractivity contribution in [3.63, 3.8) is 0 Å². The summed E-state index contributed by atoms with van der Waals surface area (Å²) in [5, 5.41) is 0. The molecule has 0 aromatic heterocycles. The Morgan fingerprint density at radius 2 is 1.12 bits per heavy atom. The Morgan fingerprint density at radius 1 is 0.625 bits per heavy atom. The lowest BCUT2D eigenvalue weighted by molar-refractivity contribution is 0.414. The van der Waals surface area contributed by atoms with E-state index in [1.54, 1.807) is 14.2 Å². The lowest BCUT2D eigenvalue weighted by Crippen LogP contribution is -1.90. The molecule has 0 spiro atoms. The molecule has 0 N–H and O–H groups in total. The third-order valence-corrected chi connectivity index (χ3v) is 3.91. The number of methoxy groups -OCH3 is 2. The molecule has 0 aliphatic heterocycles. The highest BCUT2D eigenvalue weighted by Gasteiger charge is 2.06. The van der Waals surface area contributed by atoms with Crippen molar-refractivity contribution in [2.24, 2.45) is 0 Å². The number of hydrogen-bond donors (Lipinski definition) is 0. The molecule has 2 nitrogen and oxygen atoms in total. The molecule has 3 aromatic carbocycles. The van der Waals surface area contributed by atoms with E-state index < -0.39 is 0 Å². The predicted octanol–water partition coefficient (Wildman–Crippen LogP) is 5.29. The lowest BCUT2D eigenvalue weighted by atomic mass is 9.95. The van der Waals surface area contributed by atoms with Crippen molar-refractivity contribution in [1.82, 2.24) is 0 Å². The average molecular weight is 316 g/mol. The smallest absolute Gasteiger partial charge is 0.118 e. The van der Waals surface area contributed by atoms with Crippen LogP contribution in [-0.2, 0) is 0 Å². The second kappa shape index (κ2) is 7.51. The van der Waals surface area contributed by atoms with Crippen LogP contribution in [0.2, 0.25) is 0 Å². The summed E-state index contributed by atoms with van der Waals surface area (Å²) < 4.78 is 10.5. The number of rotatable bonds is 5. The van der Waals surface area contributed by atoms with Crippen LogP contribution in [0.4, 0.5) is 0 Å². The molecule has 3 rings (SSSR count). The summed E-state index contributed by atoms with van der Waals surface area (Å²) in [5.74, 6) is 1.72. The molecule has 24 heavy (non-hydrogen) atoms. The maximum atomic E-state index is 5.27. The van der Waals surface area contributed by atoms with Gasteiger partial charge in [0.05, 0.1) is 14.2 Å². The van der Waals surface area contributed by atoms with Gasteiger partial charge in [-0.1, -0.05) is 54.6 Å². The van der Waals surface area contributed by atoms with Crippen molar-refractivity contribution in [3.05, 3.63) is 95.6 Å². The zero-order valence-corrected chi connectivity index (χ0v) is 13.9. The predicted molar refractivity (Wildman–Crippen MR) is 99.4 cm³/mol. The maximum Gasteiger partial charge on any atom is 0.118 e. The van der Waals surface area contributed by atoms with Crippen LogP contribution >= 0.6 is 0 Å².